The number of carbonyl (C=O) groups is 2. The molecule has 10 heteroatoms. The normalized spacial score (nSPS) is 16.3. The Bertz CT molecular complexity index is 1290. The van der Waals surface area contributed by atoms with Crippen molar-refractivity contribution in [2.45, 2.75) is 45.9 Å². The van der Waals surface area contributed by atoms with E-state index in [1.54, 1.807) is 30.2 Å². The summed E-state index contributed by atoms with van der Waals surface area (Å²) in [6.45, 7) is 8.43. The Morgan fingerprint density at radius 3 is 2.53 bits per heavy atom. The molecule has 4 rings (SSSR count). The van der Waals surface area contributed by atoms with Crippen LogP contribution < -0.4 is 5.32 Å². The Labute approximate surface area is 208 Å². The number of aromatic nitrogens is 2. The van der Waals surface area contributed by atoms with Gasteiger partial charge in [0.1, 0.15) is 23.1 Å². The summed E-state index contributed by atoms with van der Waals surface area (Å²) in [6, 6.07) is 7.55. The molecule has 1 N–H and O–H groups in total. The van der Waals surface area contributed by atoms with E-state index in [1.165, 1.54) is 7.05 Å². The Morgan fingerprint density at radius 1 is 1.19 bits per heavy atom. The minimum absolute atomic E-state index is 0.0760. The fourth-order valence-corrected chi connectivity index (χ4v) is 4.20. The van der Waals surface area contributed by atoms with Crippen molar-refractivity contribution in [1.82, 2.24) is 19.8 Å². The lowest BCUT2D eigenvalue weighted by Crippen LogP contribution is -2.48. The first-order chi connectivity index (χ1) is 17.0. The third-order valence-electron chi connectivity index (χ3n) is 5.84. The number of hydrogen-bond acceptors (Lipinski definition) is 5. The molecular weight excluding hydrogens is 470 g/mol. The topological polar surface area (TPSA) is 85.7 Å². The number of rotatable bonds is 4. The van der Waals surface area contributed by atoms with Crippen molar-refractivity contribution in [1.29, 1.82) is 0 Å². The van der Waals surface area contributed by atoms with Crippen molar-refractivity contribution in [3.8, 4) is 11.4 Å². The van der Waals surface area contributed by atoms with E-state index in [4.69, 9.17) is 9.47 Å². The Balaban J connectivity index is 1.72. The molecule has 0 radical (unpaired) electrons. The number of fused-ring (bicyclic) bond motifs is 1. The molecule has 1 aliphatic rings. The molecule has 2 heterocycles. The lowest BCUT2D eigenvalue weighted by Gasteiger charge is -2.34. The van der Waals surface area contributed by atoms with E-state index in [2.05, 4.69) is 10.3 Å². The molecule has 1 saturated heterocycles. The van der Waals surface area contributed by atoms with E-state index in [1.807, 2.05) is 25.1 Å². The predicted molar refractivity (Wildman–Crippen MR) is 131 cm³/mol. The highest BCUT2D eigenvalue weighted by Crippen LogP contribution is 2.31. The molecule has 8 nitrogen and oxygen atoms in total. The smallest absolute Gasteiger partial charge is 0.410 e. The third-order valence-corrected chi connectivity index (χ3v) is 5.84. The molecule has 2 aromatic carbocycles. The van der Waals surface area contributed by atoms with E-state index in [0.717, 1.165) is 17.7 Å². The lowest BCUT2D eigenvalue weighted by molar-refractivity contribution is -0.0468. The molecule has 0 aliphatic carbocycles. The average molecular weight is 501 g/mol. The van der Waals surface area contributed by atoms with Crippen molar-refractivity contribution in [2.75, 3.05) is 26.7 Å². The van der Waals surface area contributed by atoms with Crippen LogP contribution in [0.1, 0.15) is 36.7 Å². The molecule has 36 heavy (non-hydrogen) atoms. The van der Waals surface area contributed by atoms with Gasteiger partial charge in [0.15, 0.2) is 0 Å². The molecule has 0 spiro atoms. The fourth-order valence-electron chi connectivity index (χ4n) is 4.20. The number of amides is 2. The molecule has 192 valence electrons. The van der Waals surface area contributed by atoms with Gasteiger partial charge < -0.3 is 24.3 Å². The number of morpholine rings is 1. The van der Waals surface area contributed by atoms with Crippen LogP contribution in [0.5, 0.6) is 0 Å². The Morgan fingerprint density at radius 2 is 1.89 bits per heavy atom. The molecular formula is C26H30F2N4O4. The molecule has 0 saturated carbocycles. The monoisotopic (exact) mass is 500 g/mol. The van der Waals surface area contributed by atoms with Crippen LogP contribution >= 0.6 is 0 Å². The molecule has 1 atom stereocenters. The van der Waals surface area contributed by atoms with E-state index >= 15 is 8.78 Å². The largest absolute Gasteiger partial charge is 0.444 e. The average Bonchev–Trinajstić information content (AvgIpc) is 3.13. The quantitative estimate of drug-likeness (QED) is 0.578. The second-order valence-electron chi connectivity index (χ2n) is 9.85. The minimum atomic E-state index is -0.901. The summed E-state index contributed by atoms with van der Waals surface area (Å²) in [4.78, 5) is 30.6. The number of nitrogens with one attached hydrogen (secondary N) is 1. The number of halogens is 2. The Hall–Kier alpha value is -3.53. The van der Waals surface area contributed by atoms with Crippen molar-refractivity contribution in [3.05, 3.63) is 53.1 Å². The van der Waals surface area contributed by atoms with Gasteiger partial charge in [-0.3, -0.25) is 4.79 Å². The van der Waals surface area contributed by atoms with Gasteiger partial charge in [-0.15, -0.1) is 0 Å². The van der Waals surface area contributed by atoms with Crippen LogP contribution in [0.3, 0.4) is 0 Å². The van der Waals surface area contributed by atoms with Crippen molar-refractivity contribution in [2.24, 2.45) is 0 Å². The number of aryl methyl sites for hydroxylation is 1. The van der Waals surface area contributed by atoms with E-state index < -0.39 is 35.3 Å². The molecule has 1 aliphatic heterocycles. The van der Waals surface area contributed by atoms with Crippen molar-refractivity contribution >= 4 is 23.0 Å². The van der Waals surface area contributed by atoms with Gasteiger partial charge in [0.25, 0.3) is 5.91 Å². The van der Waals surface area contributed by atoms with Crippen LogP contribution in [0.25, 0.3) is 22.4 Å². The van der Waals surface area contributed by atoms with Gasteiger partial charge in [-0.2, -0.15) is 0 Å². The van der Waals surface area contributed by atoms with Crippen LogP contribution in [0.4, 0.5) is 13.6 Å². The summed E-state index contributed by atoms with van der Waals surface area (Å²) in [5, 5.41) is 2.36. The summed E-state index contributed by atoms with van der Waals surface area (Å²) in [5.41, 5.74) is 1.09. The minimum Gasteiger partial charge on any atom is -0.444 e. The van der Waals surface area contributed by atoms with Gasteiger partial charge in [0, 0.05) is 19.2 Å². The second kappa shape index (κ2) is 9.85. The fraction of sp³-hybridized carbons (Fsp3) is 0.423. The second-order valence-corrected chi connectivity index (χ2v) is 9.85. The van der Waals surface area contributed by atoms with Gasteiger partial charge >= 0.3 is 6.09 Å². The highest BCUT2D eigenvalue weighted by atomic mass is 19.1. The maximum absolute atomic E-state index is 15.2. The highest BCUT2D eigenvalue weighted by Gasteiger charge is 2.30. The Kier molecular flexibility index (Phi) is 6.99. The third kappa shape index (κ3) is 5.33. The molecule has 2 amide bonds. The van der Waals surface area contributed by atoms with Crippen LogP contribution in [0.15, 0.2) is 30.3 Å². The first-order valence-electron chi connectivity index (χ1n) is 11.7. The number of ether oxygens (including phenoxy) is 2. The first kappa shape index (κ1) is 25.6. The zero-order chi connectivity index (χ0) is 26.2. The van der Waals surface area contributed by atoms with Crippen molar-refractivity contribution < 1.29 is 27.8 Å². The zero-order valence-electron chi connectivity index (χ0n) is 21.0. The summed E-state index contributed by atoms with van der Waals surface area (Å²) < 4.78 is 43.5. The summed E-state index contributed by atoms with van der Waals surface area (Å²) >= 11 is 0. The zero-order valence-corrected chi connectivity index (χ0v) is 21.0. The van der Waals surface area contributed by atoms with Crippen LogP contribution in [0, 0.1) is 18.6 Å². The van der Waals surface area contributed by atoms with Gasteiger partial charge in [-0.25, -0.2) is 18.6 Å². The molecule has 0 bridgehead atoms. The number of nitrogens with zero attached hydrogens (tertiary/aromatic N) is 3. The molecule has 3 aromatic rings. The van der Waals surface area contributed by atoms with Crippen LogP contribution in [0.2, 0.25) is 0 Å². The van der Waals surface area contributed by atoms with Crippen LogP contribution in [-0.2, 0) is 16.0 Å². The van der Waals surface area contributed by atoms with E-state index in [-0.39, 0.29) is 30.0 Å². The standard InChI is InChI=1S/C26H30F2N4O4/c1-15-6-7-21-20(10-15)30-23(22-18(27)11-16(12-19(22)28)24(33)29-5)32(21)14-17-13-31(8-9-35-17)25(34)36-26(2,3)4/h6-7,10-12,17H,8-9,13-14H2,1-5H3,(H,29,33)/t17-/m1/s1. The van der Waals surface area contributed by atoms with Gasteiger partial charge in [-0.05, 0) is 57.5 Å². The maximum atomic E-state index is 15.2. The van der Waals surface area contributed by atoms with Crippen LogP contribution in [-0.4, -0.2) is 64.9 Å². The first-order valence-corrected chi connectivity index (χ1v) is 11.7. The highest BCUT2D eigenvalue weighted by molar-refractivity contribution is 5.94. The SMILES string of the molecule is CNC(=O)c1cc(F)c(-c2nc3cc(C)ccc3n2C[C@H]2CN(C(=O)OC(C)(C)C)CCO2)c(F)c1. The molecule has 0 unspecified atom stereocenters. The van der Waals surface area contributed by atoms with Gasteiger partial charge in [0.2, 0.25) is 0 Å². The maximum Gasteiger partial charge on any atom is 0.410 e. The summed E-state index contributed by atoms with van der Waals surface area (Å²) in [6.07, 6.45) is -0.899. The van der Waals surface area contributed by atoms with Gasteiger partial charge in [-0.1, -0.05) is 6.07 Å². The summed E-state index contributed by atoms with van der Waals surface area (Å²) in [5.74, 6) is -2.32. The van der Waals surface area contributed by atoms with Crippen molar-refractivity contribution in [3.63, 3.8) is 0 Å². The summed E-state index contributed by atoms with van der Waals surface area (Å²) in [7, 11) is 1.39. The molecule has 1 aromatic heterocycles. The number of carbonyl (C=O) groups excluding carboxylic acids is 2. The number of imidazole rings is 1. The van der Waals surface area contributed by atoms with E-state index in [0.29, 0.717) is 24.2 Å². The van der Waals surface area contributed by atoms with Gasteiger partial charge in [0.05, 0.1) is 42.4 Å². The lowest BCUT2D eigenvalue weighted by atomic mass is 10.1. The predicted octanol–water partition coefficient (Wildman–Crippen LogP) is 4.29. The molecule has 1 fully saturated rings. The van der Waals surface area contributed by atoms with E-state index in [9.17, 15) is 9.59 Å². The number of hydrogen-bond donors (Lipinski definition) is 1. The number of benzene rings is 2.